The molecule has 100 valence electrons. The zero-order valence-electron chi connectivity index (χ0n) is 11.2. The van der Waals surface area contributed by atoms with E-state index in [9.17, 15) is 9.90 Å². The number of aromatic amines is 1. The number of nitrogens with one attached hydrogen (secondary N) is 1. The molecule has 4 nitrogen and oxygen atoms in total. The van der Waals surface area contributed by atoms with E-state index in [0.717, 1.165) is 12.8 Å². The summed E-state index contributed by atoms with van der Waals surface area (Å²) in [6.07, 6.45) is 2.03. The van der Waals surface area contributed by atoms with Crippen LogP contribution in [0.3, 0.4) is 0 Å². The Hall–Kier alpha value is -2.10. The van der Waals surface area contributed by atoms with Crippen LogP contribution < -0.4 is 5.56 Å². The quantitative estimate of drug-likeness (QED) is 0.654. The van der Waals surface area contributed by atoms with E-state index >= 15 is 0 Å². The van der Waals surface area contributed by atoms with Gasteiger partial charge in [-0.3, -0.25) is 9.79 Å². The molecule has 4 heteroatoms. The predicted molar refractivity (Wildman–Crippen MR) is 78.2 cm³/mol. The molecule has 0 radical (unpaired) electrons. The maximum atomic E-state index is 12.0. The van der Waals surface area contributed by atoms with Crippen molar-refractivity contribution in [3.05, 3.63) is 40.2 Å². The van der Waals surface area contributed by atoms with Crippen molar-refractivity contribution in [2.75, 3.05) is 6.54 Å². The number of hydrogen-bond acceptors (Lipinski definition) is 3. The first-order chi connectivity index (χ1) is 9.15. The van der Waals surface area contributed by atoms with Gasteiger partial charge in [0.25, 0.3) is 5.56 Å². The second-order valence-corrected chi connectivity index (χ2v) is 4.54. The molecular weight excluding hydrogens is 240 g/mol. The highest BCUT2D eigenvalue weighted by Crippen LogP contribution is 2.24. The molecule has 0 atom stereocenters. The molecule has 1 aromatic carbocycles. The van der Waals surface area contributed by atoms with Gasteiger partial charge in [0.1, 0.15) is 11.3 Å². The monoisotopic (exact) mass is 258 g/mol. The number of hydrogen-bond donors (Lipinski definition) is 2. The summed E-state index contributed by atoms with van der Waals surface area (Å²) >= 11 is 0. The van der Waals surface area contributed by atoms with Gasteiger partial charge < -0.3 is 10.1 Å². The molecule has 0 fully saturated rings. The van der Waals surface area contributed by atoms with Gasteiger partial charge in [0.2, 0.25) is 0 Å². The first kappa shape index (κ1) is 13.3. The highest BCUT2D eigenvalue weighted by Gasteiger charge is 2.13. The third kappa shape index (κ3) is 2.67. The van der Waals surface area contributed by atoms with E-state index in [2.05, 4.69) is 16.9 Å². The smallest absolute Gasteiger partial charge is 0.261 e. The van der Waals surface area contributed by atoms with Crippen molar-refractivity contribution in [2.24, 2.45) is 4.99 Å². The molecule has 1 heterocycles. The number of unbranched alkanes of at least 4 members (excludes halogenated alkanes) is 1. The lowest BCUT2D eigenvalue weighted by Gasteiger charge is -2.07. The highest BCUT2D eigenvalue weighted by atomic mass is 16.3. The van der Waals surface area contributed by atoms with Crippen LogP contribution in [0.5, 0.6) is 5.75 Å². The number of aromatic hydroxyl groups is 1. The predicted octanol–water partition coefficient (Wildman–Crippen LogP) is 2.84. The molecule has 0 saturated heterocycles. The number of pyridine rings is 1. The lowest BCUT2D eigenvalue weighted by atomic mass is 10.1. The lowest BCUT2D eigenvalue weighted by Crippen LogP contribution is -2.17. The van der Waals surface area contributed by atoms with Gasteiger partial charge in [-0.15, -0.1) is 0 Å². The Morgan fingerprint density at radius 3 is 2.84 bits per heavy atom. The van der Waals surface area contributed by atoms with Crippen LogP contribution in [-0.4, -0.2) is 22.3 Å². The number of nitrogens with zero attached hydrogens (tertiary/aromatic N) is 1. The summed E-state index contributed by atoms with van der Waals surface area (Å²) in [4.78, 5) is 19.2. The number of H-pyrrole nitrogens is 1. The number of rotatable bonds is 4. The van der Waals surface area contributed by atoms with Gasteiger partial charge in [-0.05, 0) is 25.5 Å². The Bertz CT molecular complexity index is 671. The summed E-state index contributed by atoms with van der Waals surface area (Å²) in [6, 6.07) is 7.19. The molecule has 0 aliphatic heterocycles. The standard InChI is InChI=1S/C15H18N2O2/c1-3-4-9-16-10(2)13-14(18)11-7-5-6-8-12(11)17-15(13)19/h5-8H,3-4,9H2,1-2H3,(H2,17,18,19). The van der Waals surface area contributed by atoms with E-state index in [1.54, 1.807) is 19.1 Å². The molecule has 2 N–H and O–H groups in total. The topological polar surface area (TPSA) is 65.5 Å². The molecule has 0 aliphatic rings. The highest BCUT2D eigenvalue weighted by molar-refractivity contribution is 6.05. The summed E-state index contributed by atoms with van der Waals surface area (Å²) in [6.45, 7) is 4.52. The van der Waals surface area contributed by atoms with Gasteiger partial charge in [-0.1, -0.05) is 25.5 Å². The molecule has 1 aromatic heterocycles. The molecule has 0 aliphatic carbocycles. The Kier molecular flexibility index (Phi) is 4.00. The number of para-hydroxylation sites is 1. The normalized spacial score (nSPS) is 12.0. The van der Waals surface area contributed by atoms with Crippen molar-refractivity contribution in [3.8, 4) is 5.75 Å². The zero-order valence-corrected chi connectivity index (χ0v) is 11.2. The van der Waals surface area contributed by atoms with Crippen LogP contribution in [0, 0.1) is 0 Å². The number of benzene rings is 1. The van der Waals surface area contributed by atoms with Crippen molar-refractivity contribution in [1.29, 1.82) is 0 Å². The van der Waals surface area contributed by atoms with Gasteiger partial charge >= 0.3 is 0 Å². The van der Waals surface area contributed by atoms with Gasteiger partial charge in [0.05, 0.1) is 5.52 Å². The first-order valence-corrected chi connectivity index (χ1v) is 6.50. The van der Waals surface area contributed by atoms with Crippen LogP contribution in [0.25, 0.3) is 10.9 Å². The largest absolute Gasteiger partial charge is 0.506 e. The molecule has 0 unspecified atom stereocenters. The molecule has 0 saturated carbocycles. The van der Waals surface area contributed by atoms with Crippen LogP contribution in [0.1, 0.15) is 32.3 Å². The SMILES string of the molecule is CCCCN=C(C)c1c(O)c2ccccc2[nH]c1=O. The number of aliphatic imine (C=N–C) groups is 1. The lowest BCUT2D eigenvalue weighted by molar-refractivity contribution is 0.479. The van der Waals surface area contributed by atoms with E-state index in [0.29, 0.717) is 23.2 Å². The van der Waals surface area contributed by atoms with Crippen LogP contribution in [0.15, 0.2) is 34.1 Å². The maximum absolute atomic E-state index is 12.0. The van der Waals surface area contributed by atoms with Crippen molar-refractivity contribution >= 4 is 16.6 Å². The number of aromatic nitrogens is 1. The van der Waals surface area contributed by atoms with Crippen molar-refractivity contribution in [2.45, 2.75) is 26.7 Å². The molecule has 0 amide bonds. The van der Waals surface area contributed by atoms with Crippen LogP contribution in [0.4, 0.5) is 0 Å². The van der Waals surface area contributed by atoms with E-state index in [1.165, 1.54) is 0 Å². The first-order valence-electron chi connectivity index (χ1n) is 6.50. The van der Waals surface area contributed by atoms with Crippen molar-refractivity contribution < 1.29 is 5.11 Å². The summed E-state index contributed by atoms with van der Waals surface area (Å²) < 4.78 is 0. The Morgan fingerprint density at radius 2 is 2.11 bits per heavy atom. The zero-order chi connectivity index (χ0) is 13.8. The fourth-order valence-corrected chi connectivity index (χ4v) is 2.05. The summed E-state index contributed by atoms with van der Waals surface area (Å²) in [5.41, 5.74) is 1.19. The number of fused-ring (bicyclic) bond motifs is 1. The molecule has 2 rings (SSSR count). The molecule has 0 spiro atoms. The molecule has 19 heavy (non-hydrogen) atoms. The molecule has 2 aromatic rings. The second kappa shape index (κ2) is 5.69. The van der Waals surface area contributed by atoms with Gasteiger partial charge in [0.15, 0.2) is 0 Å². The molecular formula is C15H18N2O2. The van der Waals surface area contributed by atoms with E-state index < -0.39 is 0 Å². The minimum absolute atomic E-state index is 0.0112. The Balaban J connectivity index is 2.54. The third-order valence-corrected chi connectivity index (χ3v) is 3.12. The fourth-order valence-electron chi connectivity index (χ4n) is 2.05. The second-order valence-electron chi connectivity index (χ2n) is 4.54. The van der Waals surface area contributed by atoms with Gasteiger partial charge in [-0.2, -0.15) is 0 Å². The van der Waals surface area contributed by atoms with Crippen LogP contribution in [0.2, 0.25) is 0 Å². The minimum Gasteiger partial charge on any atom is -0.506 e. The summed E-state index contributed by atoms with van der Waals surface area (Å²) in [7, 11) is 0. The summed E-state index contributed by atoms with van der Waals surface area (Å²) in [5.74, 6) is 0.0112. The average Bonchev–Trinajstić information content (AvgIpc) is 2.39. The minimum atomic E-state index is -0.297. The molecule has 0 bridgehead atoms. The van der Waals surface area contributed by atoms with Crippen molar-refractivity contribution in [1.82, 2.24) is 4.98 Å². The van der Waals surface area contributed by atoms with Gasteiger partial charge in [0, 0.05) is 17.6 Å². The van der Waals surface area contributed by atoms with E-state index in [-0.39, 0.29) is 16.9 Å². The fraction of sp³-hybridized carbons (Fsp3) is 0.333. The maximum Gasteiger partial charge on any atom is 0.261 e. The van der Waals surface area contributed by atoms with Crippen LogP contribution >= 0.6 is 0 Å². The van der Waals surface area contributed by atoms with E-state index in [4.69, 9.17) is 0 Å². The van der Waals surface area contributed by atoms with Crippen molar-refractivity contribution in [3.63, 3.8) is 0 Å². The average molecular weight is 258 g/mol. The van der Waals surface area contributed by atoms with Gasteiger partial charge in [-0.25, -0.2) is 0 Å². The Morgan fingerprint density at radius 1 is 1.37 bits per heavy atom. The van der Waals surface area contributed by atoms with E-state index in [1.807, 2.05) is 12.1 Å². The third-order valence-electron chi connectivity index (χ3n) is 3.12. The Labute approximate surface area is 111 Å². The summed E-state index contributed by atoms with van der Waals surface area (Å²) in [5, 5.41) is 10.9. The van der Waals surface area contributed by atoms with Crippen LogP contribution in [-0.2, 0) is 0 Å².